The van der Waals surface area contributed by atoms with Gasteiger partial charge in [-0.1, -0.05) is 42.5 Å². The van der Waals surface area contributed by atoms with Gasteiger partial charge in [-0.15, -0.1) is 6.58 Å². The number of allylic oxidation sites excluding steroid dienone is 1. The Labute approximate surface area is 181 Å². The second-order valence-corrected chi connectivity index (χ2v) is 7.98. The van der Waals surface area contributed by atoms with Gasteiger partial charge in [-0.3, -0.25) is 9.47 Å². The van der Waals surface area contributed by atoms with E-state index in [-0.39, 0.29) is 6.10 Å². The average molecular weight is 421 g/mol. The number of hydrogen-bond acceptors (Lipinski definition) is 5. The Bertz CT molecular complexity index is 1140. The van der Waals surface area contributed by atoms with Crippen molar-refractivity contribution < 1.29 is 9.47 Å². The van der Waals surface area contributed by atoms with Crippen LogP contribution >= 0.6 is 12.2 Å². The van der Waals surface area contributed by atoms with Gasteiger partial charge in [-0.2, -0.15) is 5.10 Å². The van der Waals surface area contributed by atoms with Crippen LogP contribution in [0.4, 0.5) is 0 Å². The fourth-order valence-electron chi connectivity index (χ4n) is 4.10. The number of benzene rings is 2. The van der Waals surface area contributed by atoms with Crippen molar-refractivity contribution in [2.75, 3.05) is 13.2 Å². The van der Waals surface area contributed by atoms with Crippen molar-refractivity contribution in [1.29, 1.82) is 0 Å². The van der Waals surface area contributed by atoms with Crippen LogP contribution < -0.4 is 9.47 Å². The first-order chi connectivity index (χ1) is 14.7. The summed E-state index contributed by atoms with van der Waals surface area (Å²) in [7, 11) is 0. The van der Waals surface area contributed by atoms with E-state index in [1.54, 1.807) is 0 Å². The molecule has 0 radical (unpaired) electrons. The van der Waals surface area contributed by atoms with Crippen LogP contribution in [0.3, 0.4) is 0 Å². The highest BCUT2D eigenvalue weighted by Gasteiger charge is 2.28. The Kier molecular flexibility index (Phi) is 5.14. The molecule has 1 atom stereocenters. The van der Waals surface area contributed by atoms with Gasteiger partial charge in [0.15, 0.2) is 28.2 Å². The summed E-state index contributed by atoms with van der Waals surface area (Å²) in [5, 5.41) is 4.86. The molecule has 2 aliphatic rings. The maximum Gasteiger partial charge on any atom is 0.199 e. The Morgan fingerprint density at radius 2 is 1.87 bits per heavy atom. The number of aromatic nitrogens is 3. The van der Waals surface area contributed by atoms with Crippen LogP contribution in [0.15, 0.2) is 61.2 Å². The van der Waals surface area contributed by atoms with Crippen molar-refractivity contribution in [3.05, 3.63) is 82.9 Å². The first-order valence-corrected chi connectivity index (χ1v) is 10.6. The topological polar surface area (TPSA) is 44.5 Å². The predicted octanol–water partition coefficient (Wildman–Crippen LogP) is 4.13. The van der Waals surface area contributed by atoms with E-state index in [1.807, 2.05) is 39.6 Å². The van der Waals surface area contributed by atoms with E-state index in [1.165, 1.54) is 11.1 Å². The van der Waals surface area contributed by atoms with Crippen molar-refractivity contribution in [2.45, 2.75) is 32.3 Å². The van der Waals surface area contributed by atoms with Crippen molar-refractivity contribution in [2.24, 2.45) is 0 Å². The molecule has 0 amide bonds. The number of ether oxygens (including phenoxy) is 2. The third-order valence-electron chi connectivity index (χ3n) is 5.60. The minimum absolute atomic E-state index is 0.315. The molecule has 1 aromatic heterocycles. The lowest BCUT2D eigenvalue weighted by molar-refractivity contribution is 0.0816. The molecule has 0 saturated carbocycles. The van der Waals surface area contributed by atoms with E-state index in [0.29, 0.717) is 24.6 Å². The summed E-state index contributed by atoms with van der Waals surface area (Å²) in [6, 6.07) is 16.3. The lowest BCUT2D eigenvalue weighted by atomic mass is 10.0. The second-order valence-electron chi connectivity index (χ2n) is 7.62. The van der Waals surface area contributed by atoms with Crippen LogP contribution in [0, 0.1) is 4.77 Å². The molecule has 0 bridgehead atoms. The van der Waals surface area contributed by atoms with Crippen molar-refractivity contribution in [1.82, 2.24) is 19.2 Å². The highest BCUT2D eigenvalue weighted by molar-refractivity contribution is 7.71. The van der Waals surface area contributed by atoms with Gasteiger partial charge in [-0.05, 0) is 41.9 Å². The second kappa shape index (κ2) is 8.08. The number of fused-ring (bicyclic) bond motifs is 2. The van der Waals surface area contributed by atoms with Gasteiger partial charge >= 0.3 is 0 Å². The lowest BCUT2D eigenvalue weighted by Gasteiger charge is -2.28. The van der Waals surface area contributed by atoms with Crippen LogP contribution in [0.5, 0.6) is 11.5 Å². The summed E-state index contributed by atoms with van der Waals surface area (Å²) < 4.78 is 16.7. The molecule has 2 aliphatic heterocycles. The highest BCUT2D eigenvalue weighted by atomic mass is 32.1. The minimum atomic E-state index is -0.315. The summed E-state index contributed by atoms with van der Waals surface area (Å²) in [5.41, 5.74) is 2.81. The molecule has 0 fully saturated rings. The smallest absolute Gasteiger partial charge is 0.199 e. The fraction of sp³-hybridized carbons (Fsp3) is 0.304. The van der Waals surface area contributed by atoms with E-state index >= 15 is 0 Å². The van der Waals surface area contributed by atoms with E-state index in [2.05, 4.69) is 35.7 Å². The van der Waals surface area contributed by atoms with Crippen LogP contribution in [0.25, 0.3) is 0 Å². The van der Waals surface area contributed by atoms with Gasteiger partial charge in [0.25, 0.3) is 0 Å². The van der Waals surface area contributed by atoms with Crippen LogP contribution in [0.2, 0.25) is 0 Å². The molecule has 0 N–H and O–H groups in total. The molecular weight excluding hydrogens is 396 g/mol. The monoisotopic (exact) mass is 420 g/mol. The Morgan fingerprint density at radius 1 is 1.10 bits per heavy atom. The van der Waals surface area contributed by atoms with Gasteiger partial charge in [0, 0.05) is 19.6 Å². The molecule has 0 unspecified atom stereocenters. The number of nitrogens with zero attached hydrogens (tertiary/aromatic N) is 4. The van der Waals surface area contributed by atoms with Gasteiger partial charge in [0.1, 0.15) is 6.61 Å². The average Bonchev–Trinajstić information content (AvgIpc) is 3.09. The first kappa shape index (κ1) is 19.1. The van der Waals surface area contributed by atoms with Crippen molar-refractivity contribution >= 4 is 12.2 Å². The zero-order valence-corrected chi connectivity index (χ0v) is 17.6. The molecule has 3 heterocycles. The zero-order chi connectivity index (χ0) is 20.5. The highest BCUT2D eigenvalue weighted by Crippen LogP contribution is 2.35. The molecule has 7 heteroatoms. The Hall–Kier alpha value is -2.90. The van der Waals surface area contributed by atoms with E-state index in [0.717, 1.165) is 36.8 Å². The molecule has 0 saturated heterocycles. The molecular formula is C23H24N4O2S. The van der Waals surface area contributed by atoms with Crippen LogP contribution in [0.1, 0.15) is 23.1 Å². The maximum atomic E-state index is 6.19. The van der Waals surface area contributed by atoms with Gasteiger partial charge in [0.05, 0.1) is 6.67 Å². The van der Waals surface area contributed by atoms with Crippen molar-refractivity contribution in [3.8, 4) is 11.5 Å². The van der Waals surface area contributed by atoms with Crippen LogP contribution in [-0.4, -0.2) is 32.4 Å². The number of hydrogen-bond donors (Lipinski definition) is 0. The Balaban J connectivity index is 1.41. The summed E-state index contributed by atoms with van der Waals surface area (Å²) in [5.74, 6) is 2.26. The summed E-state index contributed by atoms with van der Waals surface area (Å²) in [6.07, 6.45) is 2.56. The third kappa shape index (κ3) is 3.55. The zero-order valence-electron chi connectivity index (χ0n) is 16.7. The predicted molar refractivity (Wildman–Crippen MR) is 117 cm³/mol. The maximum absolute atomic E-state index is 6.19. The molecule has 0 spiro atoms. The first-order valence-electron chi connectivity index (χ1n) is 10.2. The Morgan fingerprint density at radius 3 is 2.70 bits per heavy atom. The van der Waals surface area contributed by atoms with E-state index < -0.39 is 0 Å². The SMILES string of the molecule is C=CCn1c([C@@H]2COc3ccccc3O2)nn(CN2CCc3ccccc3C2)c1=S. The standard InChI is InChI=1S/C23H24N4O2S/c1-2-12-26-22(21-15-28-19-9-5-6-10-20(19)29-21)24-27(23(26)30)16-25-13-11-17-7-3-4-8-18(17)14-25/h2-10,21H,1,11-16H2/t21-/m0/s1. The molecule has 154 valence electrons. The fourth-order valence-corrected chi connectivity index (χ4v) is 4.37. The van der Waals surface area contributed by atoms with Crippen LogP contribution in [-0.2, 0) is 26.2 Å². The normalized spacial score (nSPS) is 18.1. The molecule has 6 nitrogen and oxygen atoms in total. The number of rotatable bonds is 5. The van der Waals surface area contributed by atoms with Gasteiger partial charge in [-0.25, -0.2) is 4.68 Å². The molecule has 2 aromatic carbocycles. The van der Waals surface area contributed by atoms with E-state index in [4.69, 9.17) is 26.8 Å². The molecule has 30 heavy (non-hydrogen) atoms. The number of para-hydroxylation sites is 2. The largest absolute Gasteiger partial charge is 0.485 e. The lowest BCUT2D eigenvalue weighted by Crippen LogP contribution is -2.32. The molecule has 5 rings (SSSR count). The van der Waals surface area contributed by atoms with Crippen molar-refractivity contribution in [3.63, 3.8) is 0 Å². The quantitative estimate of drug-likeness (QED) is 0.459. The van der Waals surface area contributed by atoms with Gasteiger partial charge < -0.3 is 9.47 Å². The molecule has 0 aliphatic carbocycles. The summed E-state index contributed by atoms with van der Waals surface area (Å²) in [4.78, 5) is 2.38. The third-order valence-corrected chi connectivity index (χ3v) is 6.03. The minimum Gasteiger partial charge on any atom is -0.485 e. The van der Waals surface area contributed by atoms with Gasteiger partial charge in [0.2, 0.25) is 0 Å². The molecule has 3 aromatic rings. The van der Waals surface area contributed by atoms with E-state index in [9.17, 15) is 0 Å². The summed E-state index contributed by atoms with van der Waals surface area (Å²) >= 11 is 5.76. The summed E-state index contributed by atoms with van der Waals surface area (Å²) in [6.45, 7) is 7.40.